The number of benzene rings is 4. The Morgan fingerprint density at radius 2 is 1.75 bits per heavy atom. The Kier molecular flexibility index (Phi) is 10.6. The second kappa shape index (κ2) is 13.3. The van der Waals surface area contributed by atoms with Gasteiger partial charge in [0.15, 0.2) is 0 Å². The number of anilines is 1. The first kappa shape index (κ1) is 31.8. The quantitative estimate of drug-likeness (QED) is 0.175. The van der Waals surface area contributed by atoms with Crippen LogP contribution in [0.15, 0.2) is 75.8 Å². The molecule has 0 aromatic heterocycles. The van der Waals surface area contributed by atoms with Crippen molar-refractivity contribution in [1.82, 2.24) is 0 Å². The summed E-state index contributed by atoms with van der Waals surface area (Å²) in [5, 5.41) is 25.5. The molecule has 0 aliphatic rings. The number of hydrogen-bond donors (Lipinski definition) is 2. The second-order valence-electron chi connectivity index (χ2n) is 8.26. The molecule has 0 spiro atoms. The molecule has 0 fully saturated rings. The molecule has 0 heterocycles. The fraction of sp³-hybridized carbons (Fsp3) is 0.148. The number of amides is 1. The molecule has 4 aromatic carbocycles. The number of hydrogen-bond acceptors (Lipinski definition) is 7. The van der Waals surface area contributed by atoms with Crippen LogP contribution in [0, 0.1) is 0 Å². The second-order valence-corrected chi connectivity index (χ2v) is 10.4. The number of carbonyl (C=O) groups excluding carboxylic acids is 1. The van der Waals surface area contributed by atoms with Crippen LogP contribution in [0.5, 0.6) is 11.5 Å². The van der Waals surface area contributed by atoms with Crippen molar-refractivity contribution in [3.05, 3.63) is 81.8 Å². The van der Waals surface area contributed by atoms with E-state index in [0.29, 0.717) is 33.8 Å². The molecule has 0 unspecified atom stereocenters. The summed E-state index contributed by atoms with van der Waals surface area (Å²) in [7, 11) is -4.65. The van der Waals surface area contributed by atoms with E-state index in [4.69, 9.17) is 27.9 Å². The van der Waals surface area contributed by atoms with Gasteiger partial charge < -0.3 is 15.2 Å². The van der Waals surface area contributed by atoms with E-state index in [1.807, 2.05) is 6.92 Å². The van der Waals surface area contributed by atoms with E-state index < -0.39 is 26.7 Å². The third kappa shape index (κ3) is 6.77. The minimum absolute atomic E-state index is 0. The Balaban J connectivity index is 0.00000441. The molecule has 0 aliphatic heterocycles. The van der Waals surface area contributed by atoms with Crippen molar-refractivity contribution in [2.45, 2.75) is 25.2 Å². The summed E-state index contributed by atoms with van der Waals surface area (Å²) >= 11 is 12.2. The number of azo groups is 1. The molecule has 40 heavy (non-hydrogen) atoms. The maximum absolute atomic E-state index is 13.5. The molecule has 0 bridgehead atoms. The van der Waals surface area contributed by atoms with Crippen LogP contribution in [-0.4, -0.2) is 25.5 Å². The Bertz CT molecular complexity index is 1730. The van der Waals surface area contributed by atoms with Gasteiger partial charge in [-0.1, -0.05) is 60.1 Å². The number of carbonyl (C=O) groups is 1. The molecular formula is C27H22Cl2N3NaO6S. The monoisotopic (exact) mass is 609 g/mol. The van der Waals surface area contributed by atoms with Gasteiger partial charge in [0.05, 0.1) is 28.0 Å². The van der Waals surface area contributed by atoms with Gasteiger partial charge in [0.1, 0.15) is 10.6 Å². The molecule has 13 heteroatoms. The summed E-state index contributed by atoms with van der Waals surface area (Å²) in [6.07, 6.45) is 0.155. The van der Waals surface area contributed by atoms with Crippen LogP contribution < -0.4 is 44.7 Å². The average Bonchev–Trinajstić information content (AvgIpc) is 2.89. The maximum atomic E-state index is 13.5. The van der Waals surface area contributed by atoms with Crippen molar-refractivity contribution in [1.29, 1.82) is 0 Å². The third-order valence-electron chi connectivity index (χ3n) is 5.77. The van der Waals surface area contributed by atoms with Gasteiger partial charge >= 0.3 is 29.6 Å². The third-order valence-corrected chi connectivity index (χ3v) is 7.47. The van der Waals surface area contributed by atoms with Crippen molar-refractivity contribution in [2.75, 3.05) is 11.9 Å². The van der Waals surface area contributed by atoms with Gasteiger partial charge in [-0.15, -0.1) is 0 Å². The van der Waals surface area contributed by atoms with Crippen LogP contribution in [-0.2, 0) is 16.5 Å². The van der Waals surface area contributed by atoms with E-state index >= 15 is 0 Å². The molecule has 0 aliphatic carbocycles. The number of nitrogens with zero attached hydrogens (tertiary/aromatic N) is 2. The Morgan fingerprint density at radius 3 is 2.40 bits per heavy atom. The van der Waals surface area contributed by atoms with Crippen LogP contribution in [0.4, 0.5) is 17.1 Å². The summed E-state index contributed by atoms with van der Waals surface area (Å²) in [4.78, 5) is 12.7. The zero-order valence-electron chi connectivity index (χ0n) is 21.7. The number of halogens is 2. The zero-order chi connectivity index (χ0) is 28.3. The average molecular weight is 610 g/mol. The van der Waals surface area contributed by atoms with Crippen LogP contribution in [0.1, 0.15) is 29.8 Å². The van der Waals surface area contributed by atoms with Crippen LogP contribution in [0.2, 0.25) is 10.0 Å². The predicted octanol–water partition coefficient (Wildman–Crippen LogP) is 4.10. The van der Waals surface area contributed by atoms with E-state index in [1.54, 1.807) is 43.3 Å². The number of rotatable bonds is 8. The molecule has 2 N–H and O–H groups in total. The van der Waals surface area contributed by atoms with E-state index in [0.717, 1.165) is 0 Å². The fourth-order valence-corrected chi connectivity index (χ4v) is 5.61. The molecule has 0 radical (unpaired) electrons. The Morgan fingerprint density at radius 1 is 1.02 bits per heavy atom. The Labute approximate surface area is 263 Å². The topological polar surface area (TPSA) is 140 Å². The smallest absolute Gasteiger partial charge is 0.870 e. The van der Waals surface area contributed by atoms with E-state index in [-0.39, 0.29) is 63.5 Å². The van der Waals surface area contributed by atoms with Crippen molar-refractivity contribution in [2.24, 2.45) is 10.2 Å². The number of nitrogens with one attached hydrogen (secondary N) is 1. The summed E-state index contributed by atoms with van der Waals surface area (Å²) in [5.41, 5.74) is 0.283. The van der Waals surface area contributed by atoms with Crippen molar-refractivity contribution >= 4 is 67.1 Å². The molecule has 1 amide bonds. The van der Waals surface area contributed by atoms with Gasteiger partial charge in [0.2, 0.25) is 0 Å². The normalized spacial score (nSPS) is 11.4. The zero-order valence-corrected chi connectivity index (χ0v) is 26.1. The van der Waals surface area contributed by atoms with Gasteiger partial charge in [-0.3, -0.25) is 9.35 Å². The molecule has 4 aromatic rings. The standard InChI is InChI=1S/C27H23Cl2N3O6S.Na/c1-3-17-22(11-10-20(28)26(17)39(35,36)37)31-32-24-18-8-6-5-7-15(18)13-19(25(24)33)27(34)30-16-9-12-23(38-4-2)21(29)14-16;/h5-14,33H,3-4H2,1-2H3,(H,30,34)(H,35,36,37);/q;+1/p-1. The van der Waals surface area contributed by atoms with Gasteiger partial charge in [0, 0.05) is 22.2 Å². The maximum Gasteiger partial charge on any atom is 1.00 e. The van der Waals surface area contributed by atoms with Crippen molar-refractivity contribution in [3.8, 4) is 11.5 Å². The number of fused-ring (bicyclic) bond motifs is 1. The molecular weight excluding hydrogens is 588 g/mol. The van der Waals surface area contributed by atoms with Crippen molar-refractivity contribution < 1.29 is 57.2 Å². The van der Waals surface area contributed by atoms with Crippen LogP contribution >= 0.6 is 23.2 Å². The van der Waals surface area contributed by atoms with Gasteiger partial charge in [-0.05, 0) is 55.1 Å². The van der Waals surface area contributed by atoms with E-state index in [9.17, 15) is 22.9 Å². The van der Waals surface area contributed by atoms with E-state index in [2.05, 4.69) is 15.5 Å². The molecule has 9 nitrogen and oxygen atoms in total. The molecule has 0 saturated heterocycles. The molecule has 0 saturated carbocycles. The minimum atomic E-state index is -4.65. The van der Waals surface area contributed by atoms with Crippen LogP contribution in [0.25, 0.3) is 10.8 Å². The fourth-order valence-electron chi connectivity index (χ4n) is 4.03. The van der Waals surface area contributed by atoms with Gasteiger partial charge in [0.25, 0.3) is 16.0 Å². The largest absolute Gasteiger partial charge is 1.00 e. The first-order valence-electron chi connectivity index (χ1n) is 11.7. The van der Waals surface area contributed by atoms with Crippen molar-refractivity contribution in [3.63, 3.8) is 0 Å². The summed E-state index contributed by atoms with van der Waals surface area (Å²) in [6.45, 7) is 3.90. The molecule has 0 atom stereocenters. The Hall–Kier alpha value is -2.70. The predicted molar refractivity (Wildman–Crippen MR) is 149 cm³/mol. The first-order chi connectivity index (χ1) is 18.5. The van der Waals surface area contributed by atoms with Crippen LogP contribution in [0.3, 0.4) is 0 Å². The summed E-state index contributed by atoms with van der Waals surface area (Å²) < 4.78 is 38.9. The van der Waals surface area contributed by atoms with Gasteiger partial charge in [-0.25, -0.2) is 0 Å². The molecule has 202 valence electrons. The molecule has 4 rings (SSSR count). The van der Waals surface area contributed by atoms with E-state index in [1.165, 1.54) is 24.3 Å². The first-order valence-corrected chi connectivity index (χ1v) is 13.9. The summed E-state index contributed by atoms with van der Waals surface area (Å²) in [6, 6.07) is 15.7. The van der Waals surface area contributed by atoms with Gasteiger partial charge in [-0.2, -0.15) is 18.6 Å². The number of ether oxygens (including phenoxy) is 1. The summed E-state index contributed by atoms with van der Waals surface area (Å²) in [5.74, 6) is -0.910. The SMILES string of the molecule is CCOc1ccc(NC(=O)c2cc3ccccc3c(N=Nc3ccc(Cl)c(S(=O)(=O)O)c3CC)c2[O-])cc1Cl.[Na+]. The minimum Gasteiger partial charge on any atom is -0.870 e.